The zero-order chi connectivity index (χ0) is 103. The molecule has 764 valence electrons. The number of hydrogen-bond acceptors (Lipinski definition) is 22. The molecule has 10 aromatic heterocycles. The summed E-state index contributed by atoms with van der Waals surface area (Å²) in [6.45, 7) is 15.0. The summed E-state index contributed by atoms with van der Waals surface area (Å²) in [6.07, 6.45) is 18.3. The van der Waals surface area contributed by atoms with Crippen molar-refractivity contribution in [2.24, 2.45) is 29.6 Å². The Bertz CT molecular complexity index is 7960. The standard InChI is InChI=1S/C23H26N4O3S.2C22H23FN4O3S.C22H22N4O4S.C19H16N4O/c1-16-13-17(14-26-9-11-31(29,30)12-10-26)5-8-19(16)20-3-2-4-22-24-21(15-27(20)22)25-23(28)18-6-7-18;23-18-7-8-20-24-19(25-22(28)17-5-6-17)14-27(20)21(18)16-3-1-15(2-4-16)13-26-9-11-31(29,30)12-10-26;23-18-12-15(13-26-8-10-31(29,30)11-9-26)4-7-17(18)19-2-1-3-21-24-20(14-27(19)21)25-22(28)16-5-6-16;27-21(16-6-7-16)24-19-14-26-18(2-1-3-20(26)23-19)15-4-8-17(9-5-15)22(28)25-10-12-31(29,30)13-11-25;1-20-11-13-5-7-14(8-6-13)16-3-2-4-18-21-17(12-23(16)18)22-19(24)15-9-10-15/h2-5,8,13,15,18H,6-7,9-12,14H2,1H3,(H,25,28);1-4,7-8,14,17H,5-6,9-13H2,(H,25,28);1-4,7,12,14,16H,5-6,8-11,13H2,(H,25,28);1-5,8-9,14,16H,6-7,10-13H2,(H,24,27);2-8,12,15H,9-11H2,(H,22,24). The van der Waals surface area contributed by atoms with E-state index < -0.39 is 39.3 Å². The SMILES string of the molecule is Cc1cc(CN2CCS(=O)(=O)CC2)ccc1-c1cccc2nc(NC(=O)C3CC3)cn12.O=C(Nc1cn2c(-c3ccc(C(=O)N4CCS(=O)(=O)CC4)cc3)cccc2n1)C1CC1.O=C(Nc1cn2c(-c3ccc(CN4CCS(=O)(=O)CC4)cc3)c(F)ccc2n1)C1CC1.O=C(Nc1cn2c(-c3ccc(CN4CCS(=O)(=O)CC4)cc3F)cccc2n1)C1CC1.[C-]#[N+]Cc1ccc(-c2cccc3nc(NC(=O)C4CC4)cn23)cc1. The van der Waals surface area contributed by atoms with Crippen LogP contribution < -0.4 is 26.6 Å². The highest BCUT2D eigenvalue weighted by atomic mass is 32.2. The summed E-state index contributed by atoms with van der Waals surface area (Å²) < 4.78 is 132. The number of imidazole rings is 5. The number of sulfone groups is 4. The van der Waals surface area contributed by atoms with Gasteiger partial charge >= 0.3 is 0 Å². The highest BCUT2D eigenvalue weighted by molar-refractivity contribution is 7.92. The second-order valence-electron chi connectivity index (χ2n) is 39.2. The molecule has 14 heterocycles. The first-order valence-electron chi connectivity index (χ1n) is 49.7. The molecule has 5 aliphatic carbocycles. The number of benzene rings is 5. The van der Waals surface area contributed by atoms with Gasteiger partial charge in [-0.25, -0.2) is 73.9 Å². The highest BCUT2D eigenvalue weighted by Crippen LogP contribution is 2.39. The number of rotatable bonds is 23. The van der Waals surface area contributed by atoms with E-state index in [2.05, 4.69) is 97.3 Å². The Hall–Kier alpha value is -14.6. The van der Waals surface area contributed by atoms with E-state index in [4.69, 9.17) is 6.57 Å². The second kappa shape index (κ2) is 42.7. The van der Waals surface area contributed by atoms with Crippen molar-refractivity contribution in [3.8, 4) is 56.3 Å². The van der Waals surface area contributed by atoms with Crippen LogP contribution in [0, 0.1) is 54.7 Å². The van der Waals surface area contributed by atoms with Gasteiger partial charge in [0.15, 0.2) is 68.4 Å². The number of nitrogens with one attached hydrogen (secondary N) is 5. The number of nitrogens with zero attached hydrogens (tertiary/aromatic N) is 15. The third-order valence-electron chi connectivity index (χ3n) is 27.7. The molecule has 34 nitrogen and oxygen atoms in total. The van der Waals surface area contributed by atoms with Crippen LogP contribution in [0.25, 0.3) is 89.4 Å². The molecule has 24 rings (SSSR count). The van der Waals surface area contributed by atoms with Crippen LogP contribution in [0.3, 0.4) is 0 Å². The number of carbonyl (C=O) groups is 6. The summed E-state index contributed by atoms with van der Waals surface area (Å²) in [4.78, 5) is 107. The number of aromatic nitrogens is 10. The largest absolute Gasteiger partial charge is 0.337 e. The number of hydrogen-bond donors (Lipinski definition) is 5. The maximum absolute atomic E-state index is 15.1. The summed E-state index contributed by atoms with van der Waals surface area (Å²) in [5.41, 5.74) is 17.3. The van der Waals surface area contributed by atoms with Gasteiger partial charge in [-0.15, -0.1) is 0 Å². The third kappa shape index (κ3) is 24.8. The molecule has 0 unspecified atom stereocenters. The van der Waals surface area contributed by atoms with Gasteiger partial charge < -0.3 is 36.3 Å². The number of aryl methyl sites for hydroxylation is 1. The van der Waals surface area contributed by atoms with Crippen molar-refractivity contribution in [2.45, 2.75) is 97.3 Å². The van der Waals surface area contributed by atoms with E-state index in [9.17, 15) is 66.8 Å². The van der Waals surface area contributed by atoms with Gasteiger partial charge in [-0.2, -0.15) is 0 Å². The Kier molecular flexibility index (Phi) is 29.0. The van der Waals surface area contributed by atoms with E-state index >= 15 is 4.39 Å². The lowest BCUT2D eigenvalue weighted by Gasteiger charge is -2.26. The van der Waals surface area contributed by atoms with Crippen LogP contribution in [0.5, 0.6) is 0 Å². The molecule has 15 aromatic rings. The van der Waals surface area contributed by atoms with Crippen molar-refractivity contribution in [3.63, 3.8) is 0 Å². The Morgan fingerprint density at radius 2 is 0.635 bits per heavy atom. The average Bonchev–Trinajstić information content (AvgIpc) is 1.62. The Morgan fingerprint density at radius 3 is 1.00 bits per heavy atom. The predicted octanol–water partition coefficient (Wildman–Crippen LogP) is 14.3. The van der Waals surface area contributed by atoms with Gasteiger partial charge in [-0.1, -0.05) is 109 Å². The van der Waals surface area contributed by atoms with Crippen molar-refractivity contribution in [1.82, 2.24) is 66.5 Å². The van der Waals surface area contributed by atoms with Crippen molar-refractivity contribution in [1.29, 1.82) is 0 Å². The molecular weight excluding hydrogens is 1970 g/mol. The van der Waals surface area contributed by atoms with E-state index in [1.165, 1.54) is 17.7 Å². The van der Waals surface area contributed by atoms with Gasteiger partial charge in [-0.05, 0) is 189 Å². The minimum atomic E-state index is -3.03. The third-order valence-corrected chi connectivity index (χ3v) is 34.2. The first-order chi connectivity index (χ1) is 71.3. The Labute approximate surface area is 853 Å². The van der Waals surface area contributed by atoms with Gasteiger partial charge in [0.1, 0.15) is 39.9 Å². The van der Waals surface area contributed by atoms with Crippen molar-refractivity contribution in [2.75, 3.05) is 125 Å². The highest BCUT2D eigenvalue weighted by Gasteiger charge is 2.36. The molecule has 9 aliphatic rings. The number of halogens is 2. The van der Waals surface area contributed by atoms with E-state index in [0.29, 0.717) is 127 Å². The molecule has 5 aromatic carbocycles. The number of pyridine rings is 5. The van der Waals surface area contributed by atoms with Crippen LogP contribution in [0.15, 0.2) is 225 Å². The minimum Gasteiger partial charge on any atom is -0.337 e. The van der Waals surface area contributed by atoms with E-state index in [0.717, 1.165) is 144 Å². The normalized spacial score (nSPS) is 17.9. The lowest BCUT2D eigenvalue weighted by Crippen LogP contribution is -2.43. The lowest BCUT2D eigenvalue weighted by atomic mass is 10.0. The molecule has 0 radical (unpaired) electrons. The molecule has 6 amide bonds. The first kappa shape index (κ1) is 101. The fraction of sp³-hybridized carbons (Fsp3) is 0.333. The molecule has 0 spiro atoms. The molecule has 5 N–H and O–H groups in total. The van der Waals surface area contributed by atoms with Crippen LogP contribution in [-0.2, 0) is 89.5 Å². The molecule has 9 fully saturated rings. The van der Waals surface area contributed by atoms with Crippen molar-refractivity contribution >= 4 is 132 Å². The summed E-state index contributed by atoms with van der Waals surface area (Å²) in [6, 6.07) is 60.3. The zero-order valence-electron chi connectivity index (χ0n) is 81.3. The molecule has 148 heavy (non-hydrogen) atoms. The minimum absolute atomic E-state index is 0.0123. The van der Waals surface area contributed by atoms with E-state index in [1.54, 1.807) is 56.6 Å². The van der Waals surface area contributed by atoms with Gasteiger partial charge in [0.05, 0.1) is 105 Å². The number of amides is 6. The maximum Gasteiger partial charge on any atom is 0.253 e. The summed E-state index contributed by atoms with van der Waals surface area (Å²) >= 11 is 0. The average molecular weight is 2080 g/mol. The van der Waals surface area contributed by atoms with Gasteiger partial charge in [0.25, 0.3) is 5.91 Å². The van der Waals surface area contributed by atoms with Gasteiger partial charge in [0, 0.05) is 129 Å². The summed E-state index contributed by atoms with van der Waals surface area (Å²) in [5.74, 6) is 3.48. The zero-order valence-corrected chi connectivity index (χ0v) is 84.5. The van der Waals surface area contributed by atoms with Crippen LogP contribution in [-0.4, -0.2) is 234 Å². The fourth-order valence-electron chi connectivity index (χ4n) is 18.4. The molecular formula is C108H110F2N20O14S4. The number of carbonyl (C=O) groups excluding carboxylic acids is 6. The molecule has 4 aliphatic heterocycles. The Morgan fingerprint density at radius 1 is 0.331 bits per heavy atom. The molecule has 5 saturated carbocycles. The monoisotopic (exact) mass is 2080 g/mol. The quantitative estimate of drug-likeness (QED) is 0.0371. The smallest absolute Gasteiger partial charge is 0.253 e. The van der Waals surface area contributed by atoms with Crippen molar-refractivity contribution in [3.05, 3.63) is 282 Å². The number of anilines is 5. The van der Waals surface area contributed by atoms with Crippen LogP contribution in [0.2, 0.25) is 0 Å². The lowest BCUT2D eigenvalue weighted by molar-refractivity contribution is -0.118. The summed E-state index contributed by atoms with van der Waals surface area (Å²) in [5, 5.41) is 14.3. The van der Waals surface area contributed by atoms with Crippen molar-refractivity contribution < 1.29 is 71.2 Å². The predicted molar refractivity (Wildman–Crippen MR) is 561 cm³/mol. The molecule has 0 bridgehead atoms. The fourth-order valence-corrected chi connectivity index (χ4v) is 23.5. The van der Waals surface area contributed by atoms with Crippen LogP contribution >= 0.6 is 0 Å². The van der Waals surface area contributed by atoms with Crippen LogP contribution in [0.1, 0.15) is 102 Å². The molecule has 40 heteroatoms. The van der Waals surface area contributed by atoms with Gasteiger partial charge in [-0.3, -0.25) is 65.5 Å². The number of fused-ring (bicyclic) bond motifs is 5. The van der Waals surface area contributed by atoms with E-state index in [1.807, 2.05) is 164 Å². The topological polar surface area (TPSA) is 403 Å². The summed E-state index contributed by atoms with van der Waals surface area (Å²) in [7, 11) is -11.7. The first-order valence-corrected chi connectivity index (χ1v) is 57.0. The van der Waals surface area contributed by atoms with Gasteiger partial charge in [0.2, 0.25) is 36.1 Å². The Balaban J connectivity index is 0.000000112. The molecule has 0 atom stereocenters. The van der Waals surface area contributed by atoms with E-state index in [-0.39, 0.29) is 136 Å². The molecule has 4 saturated heterocycles. The maximum atomic E-state index is 15.1. The van der Waals surface area contributed by atoms with Crippen LogP contribution in [0.4, 0.5) is 37.9 Å². The second-order valence-corrected chi connectivity index (χ2v) is 48.5.